The molecule has 2 aliphatic rings. The molecule has 6 heteroatoms. The van der Waals surface area contributed by atoms with Gasteiger partial charge in [0.25, 0.3) is 0 Å². The zero-order chi connectivity index (χ0) is 16.4. The van der Waals surface area contributed by atoms with Gasteiger partial charge in [0.2, 0.25) is 5.91 Å². The summed E-state index contributed by atoms with van der Waals surface area (Å²) in [6, 6.07) is 8.17. The van der Waals surface area contributed by atoms with Crippen LogP contribution in [-0.4, -0.2) is 44.7 Å². The number of methoxy groups -OCH3 is 1. The lowest BCUT2D eigenvalue weighted by Crippen LogP contribution is -2.45. The molecule has 2 N–H and O–H groups in total. The fourth-order valence-electron chi connectivity index (χ4n) is 2.90. The van der Waals surface area contributed by atoms with Crippen LogP contribution < -0.4 is 20.3 Å². The maximum atomic E-state index is 12.3. The predicted octanol–water partition coefficient (Wildman–Crippen LogP) is 1.37. The second kappa shape index (κ2) is 6.48. The number of ether oxygens (including phenoxy) is 1. The number of guanidine groups is 1. The first-order valence-corrected chi connectivity index (χ1v) is 8.05. The van der Waals surface area contributed by atoms with E-state index in [2.05, 4.69) is 22.5 Å². The smallest absolute Gasteiger partial charge is 0.229 e. The summed E-state index contributed by atoms with van der Waals surface area (Å²) in [5, 5.41) is 6.76. The summed E-state index contributed by atoms with van der Waals surface area (Å²) in [6.45, 7) is 2.85. The van der Waals surface area contributed by atoms with E-state index in [1.165, 1.54) is 6.42 Å². The third-order valence-corrected chi connectivity index (χ3v) is 4.49. The zero-order valence-corrected chi connectivity index (χ0v) is 13.9. The van der Waals surface area contributed by atoms with Gasteiger partial charge in [-0.3, -0.25) is 9.79 Å². The quantitative estimate of drug-likeness (QED) is 0.650. The Labute approximate surface area is 136 Å². The van der Waals surface area contributed by atoms with Gasteiger partial charge in [-0.25, -0.2) is 0 Å². The summed E-state index contributed by atoms with van der Waals surface area (Å²) in [5.74, 6) is 2.36. The molecule has 6 nitrogen and oxygen atoms in total. The molecule has 124 valence electrons. The fourth-order valence-corrected chi connectivity index (χ4v) is 2.90. The molecule has 3 atom stereocenters. The number of hydrogen-bond donors (Lipinski definition) is 2. The summed E-state index contributed by atoms with van der Waals surface area (Å²) in [7, 11) is 3.39. The molecule has 3 unspecified atom stereocenters. The highest BCUT2D eigenvalue weighted by molar-refractivity contribution is 5.97. The molecule has 1 saturated carbocycles. The van der Waals surface area contributed by atoms with Crippen LogP contribution in [0.3, 0.4) is 0 Å². The molecule has 0 radical (unpaired) electrons. The Morgan fingerprint density at radius 1 is 1.39 bits per heavy atom. The molecule has 1 aromatic carbocycles. The Hall–Kier alpha value is -2.24. The van der Waals surface area contributed by atoms with E-state index in [-0.39, 0.29) is 11.9 Å². The number of amides is 1. The van der Waals surface area contributed by atoms with E-state index in [9.17, 15) is 4.79 Å². The maximum Gasteiger partial charge on any atom is 0.229 e. The van der Waals surface area contributed by atoms with E-state index in [1.54, 1.807) is 19.1 Å². The van der Waals surface area contributed by atoms with Gasteiger partial charge in [0.05, 0.1) is 13.2 Å². The summed E-state index contributed by atoms with van der Waals surface area (Å²) in [4.78, 5) is 18.4. The molecule has 1 aromatic rings. The highest BCUT2D eigenvalue weighted by Gasteiger charge is 2.35. The molecule has 0 aromatic heterocycles. The molecule has 1 aliphatic carbocycles. The molecule has 2 fully saturated rings. The van der Waals surface area contributed by atoms with Crippen LogP contribution in [0.4, 0.5) is 5.69 Å². The van der Waals surface area contributed by atoms with E-state index < -0.39 is 0 Å². The Morgan fingerprint density at radius 2 is 2.17 bits per heavy atom. The second-order valence-electron chi connectivity index (χ2n) is 6.29. The van der Waals surface area contributed by atoms with Crippen LogP contribution in [0.25, 0.3) is 0 Å². The van der Waals surface area contributed by atoms with Crippen molar-refractivity contribution in [3.05, 3.63) is 24.3 Å². The number of nitrogens with one attached hydrogen (secondary N) is 2. The fraction of sp³-hybridized carbons (Fsp3) is 0.529. The van der Waals surface area contributed by atoms with Crippen LogP contribution in [0.1, 0.15) is 19.8 Å². The minimum Gasteiger partial charge on any atom is -0.497 e. The molecule has 1 heterocycles. The summed E-state index contributed by atoms with van der Waals surface area (Å²) < 4.78 is 5.24. The van der Waals surface area contributed by atoms with Gasteiger partial charge in [0, 0.05) is 37.8 Å². The predicted molar refractivity (Wildman–Crippen MR) is 91.0 cm³/mol. The lowest BCUT2D eigenvalue weighted by atomic mass is 10.2. The summed E-state index contributed by atoms with van der Waals surface area (Å²) in [5.41, 5.74) is 0.873. The van der Waals surface area contributed by atoms with Crippen molar-refractivity contribution in [3.8, 4) is 5.75 Å². The van der Waals surface area contributed by atoms with Crippen molar-refractivity contribution in [2.75, 3.05) is 25.6 Å². The molecule has 23 heavy (non-hydrogen) atoms. The number of hydrogen-bond acceptors (Lipinski definition) is 3. The van der Waals surface area contributed by atoms with Crippen molar-refractivity contribution in [2.24, 2.45) is 10.9 Å². The number of nitrogens with zero attached hydrogens (tertiary/aromatic N) is 2. The first kappa shape index (κ1) is 15.6. The monoisotopic (exact) mass is 316 g/mol. The van der Waals surface area contributed by atoms with Crippen LogP contribution in [0.5, 0.6) is 5.75 Å². The number of rotatable bonds is 4. The lowest BCUT2D eigenvalue weighted by molar-refractivity contribution is -0.117. The highest BCUT2D eigenvalue weighted by atomic mass is 16.5. The van der Waals surface area contributed by atoms with Crippen molar-refractivity contribution in [1.29, 1.82) is 0 Å². The van der Waals surface area contributed by atoms with Crippen molar-refractivity contribution >= 4 is 17.6 Å². The van der Waals surface area contributed by atoms with E-state index >= 15 is 0 Å². The molecule has 1 saturated heterocycles. The van der Waals surface area contributed by atoms with Gasteiger partial charge in [0.1, 0.15) is 5.75 Å². The third-order valence-electron chi connectivity index (χ3n) is 4.49. The van der Waals surface area contributed by atoms with E-state index in [0.717, 1.165) is 17.4 Å². The van der Waals surface area contributed by atoms with E-state index in [4.69, 9.17) is 4.74 Å². The van der Waals surface area contributed by atoms with Crippen LogP contribution in [0, 0.1) is 5.92 Å². The number of benzene rings is 1. The largest absolute Gasteiger partial charge is 0.497 e. The first-order chi connectivity index (χ1) is 11.1. The van der Waals surface area contributed by atoms with Crippen LogP contribution in [0.15, 0.2) is 29.3 Å². The van der Waals surface area contributed by atoms with Gasteiger partial charge in [-0.2, -0.15) is 0 Å². The SMILES string of the molecule is CN=C(NC1CC(=O)N(c2cccc(OC)c2)C1)NC1CC1C. The van der Waals surface area contributed by atoms with Gasteiger partial charge < -0.3 is 20.3 Å². The van der Waals surface area contributed by atoms with Crippen molar-refractivity contribution < 1.29 is 9.53 Å². The third kappa shape index (κ3) is 3.57. The summed E-state index contributed by atoms with van der Waals surface area (Å²) in [6.07, 6.45) is 1.65. The molecular weight excluding hydrogens is 292 g/mol. The topological polar surface area (TPSA) is 66.0 Å². The first-order valence-electron chi connectivity index (χ1n) is 8.05. The molecule has 1 aliphatic heterocycles. The summed E-state index contributed by atoms with van der Waals surface area (Å²) >= 11 is 0. The standard InChI is InChI=1S/C17H24N4O2/c1-11-7-15(11)20-17(18-2)19-12-8-16(22)21(10-12)13-5-4-6-14(9-13)23-3/h4-6,9,11-12,15H,7-8,10H2,1-3H3,(H2,18,19,20). The lowest BCUT2D eigenvalue weighted by Gasteiger charge is -2.19. The van der Waals surface area contributed by atoms with Gasteiger partial charge in [-0.1, -0.05) is 13.0 Å². The van der Waals surface area contributed by atoms with Crippen molar-refractivity contribution in [1.82, 2.24) is 10.6 Å². The molecule has 0 spiro atoms. The van der Waals surface area contributed by atoms with Gasteiger partial charge in [0.15, 0.2) is 5.96 Å². The van der Waals surface area contributed by atoms with E-state index in [0.29, 0.717) is 24.9 Å². The van der Waals surface area contributed by atoms with Gasteiger partial charge in [-0.05, 0) is 24.5 Å². The Balaban J connectivity index is 1.62. The average molecular weight is 316 g/mol. The Morgan fingerprint density at radius 3 is 2.83 bits per heavy atom. The zero-order valence-electron chi connectivity index (χ0n) is 13.9. The van der Waals surface area contributed by atoms with E-state index in [1.807, 2.05) is 24.3 Å². The molecule has 0 bridgehead atoms. The minimum absolute atomic E-state index is 0.0638. The molecule has 3 rings (SSSR count). The Bertz CT molecular complexity index is 616. The van der Waals surface area contributed by atoms with Crippen LogP contribution >= 0.6 is 0 Å². The second-order valence-corrected chi connectivity index (χ2v) is 6.29. The van der Waals surface area contributed by atoms with Crippen LogP contribution in [0.2, 0.25) is 0 Å². The van der Waals surface area contributed by atoms with Gasteiger partial charge >= 0.3 is 0 Å². The highest BCUT2D eigenvalue weighted by Crippen LogP contribution is 2.29. The van der Waals surface area contributed by atoms with Crippen LogP contribution in [-0.2, 0) is 4.79 Å². The normalized spacial score (nSPS) is 27.1. The number of carbonyl (C=O) groups excluding carboxylic acids is 1. The minimum atomic E-state index is 0.0638. The van der Waals surface area contributed by atoms with Gasteiger partial charge in [-0.15, -0.1) is 0 Å². The Kier molecular flexibility index (Phi) is 4.41. The number of carbonyl (C=O) groups is 1. The van der Waals surface area contributed by atoms with Crippen molar-refractivity contribution in [3.63, 3.8) is 0 Å². The number of anilines is 1. The maximum absolute atomic E-state index is 12.3. The number of aliphatic imine (C=N–C) groups is 1. The average Bonchev–Trinajstić information content (AvgIpc) is 3.12. The van der Waals surface area contributed by atoms with Crippen molar-refractivity contribution in [2.45, 2.75) is 31.8 Å². The molecule has 1 amide bonds. The molecular formula is C17H24N4O2.